The van der Waals surface area contributed by atoms with Crippen LogP contribution >= 0.6 is 11.3 Å². The Morgan fingerprint density at radius 1 is 1.47 bits per heavy atom. The number of aryl methyl sites for hydroxylation is 1. The van der Waals surface area contributed by atoms with E-state index in [1.165, 1.54) is 10.7 Å². The number of hydrogen-bond acceptors (Lipinski definition) is 5. The molecule has 108 valence electrons. The number of thiazole rings is 1. The quantitative estimate of drug-likeness (QED) is 0.824. The lowest BCUT2D eigenvalue weighted by Crippen LogP contribution is -2.44. The first kappa shape index (κ1) is 14.9. The van der Waals surface area contributed by atoms with Gasteiger partial charge in [0.25, 0.3) is 0 Å². The van der Waals surface area contributed by atoms with Crippen LogP contribution in [-0.4, -0.2) is 55.3 Å². The third-order valence-electron chi connectivity index (χ3n) is 3.43. The number of nitrogens with one attached hydrogen (secondary N) is 1. The Morgan fingerprint density at radius 3 is 2.95 bits per heavy atom. The molecule has 0 spiro atoms. The summed E-state index contributed by atoms with van der Waals surface area (Å²) >= 11 is 1.78. The van der Waals surface area contributed by atoms with Crippen LogP contribution < -0.4 is 5.32 Å². The molecule has 0 aliphatic carbocycles. The molecule has 1 atom stereocenters. The van der Waals surface area contributed by atoms with Gasteiger partial charge in [0.2, 0.25) is 0 Å². The second kappa shape index (κ2) is 7.94. The van der Waals surface area contributed by atoms with Crippen LogP contribution in [0, 0.1) is 0 Å². The summed E-state index contributed by atoms with van der Waals surface area (Å²) in [7, 11) is 0. The third kappa shape index (κ3) is 5.18. The van der Waals surface area contributed by atoms with Crippen molar-refractivity contribution in [1.82, 2.24) is 15.2 Å². The van der Waals surface area contributed by atoms with Crippen LogP contribution in [0.4, 0.5) is 0 Å². The smallest absolute Gasteiger partial charge is 0.0940 e. The fourth-order valence-electron chi connectivity index (χ4n) is 2.29. The van der Waals surface area contributed by atoms with Crippen molar-refractivity contribution in [3.05, 3.63) is 16.1 Å². The number of morpholine rings is 1. The maximum Gasteiger partial charge on any atom is 0.0940 e. The molecule has 5 heteroatoms. The highest BCUT2D eigenvalue weighted by atomic mass is 32.1. The van der Waals surface area contributed by atoms with Crippen molar-refractivity contribution in [2.45, 2.75) is 32.7 Å². The molecule has 1 aromatic heterocycles. The van der Waals surface area contributed by atoms with Gasteiger partial charge in [-0.25, -0.2) is 4.98 Å². The monoisotopic (exact) mass is 283 g/mol. The maximum atomic E-state index is 5.36. The number of aromatic nitrogens is 1. The van der Waals surface area contributed by atoms with Crippen LogP contribution in [0.1, 0.15) is 24.5 Å². The summed E-state index contributed by atoms with van der Waals surface area (Å²) in [5.41, 5.74) is 1.22. The van der Waals surface area contributed by atoms with E-state index in [-0.39, 0.29) is 0 Å². The van der Waals surface area contributed by atoms with E-state index >= 15 is 0 Å². The average molecular weight is 283 g/mol. The van der Waals surface area contributed by atoms with Crippen LogP contribution in [0.2, 0.25) is 0 Å². The Kier molecular flexibility index (Phi) is 6.23. The van der Waals surface area contributed by atoms with Gasteiger partial charge in [0, 0.05) is 44.0 Å². The minimum absolute atomic E-state index is 0.531. The Labute approximate surface area is 120 Å². The Balaban J connectivity index is 1.61. The van der Waals surface area contributed by atoms with Crippen molar-refractivity contribution in [2.75, 3.05) is 39.4 Å². The molecule has 2 heterocycles. The average Bonchev–Trinajstić information content (AvgIpc) is 2.88. The van der Waals surface area contributed by atoms with Gasteiger partial charge in [-0.15, -0.1) is 11.3 Å². The van der Waals surface area contributed by atoms with E-state index in [4.69, 9.17) is 4.74 Å². The minimum atomic E-state index is 0.531. The van der Waals surface area contributed by atoms with Crippen molar-refractivity contribution >= 4 is 11.3 Å². The SMILES string of the molecule is CCc1csc(CCN[C@@H](C)CN2CCOCC2)n1. The fraction of sp³-hybridized carbons (Fsp3) is 0.786. The second-order valence-corrected chi connectivity index (χ2v) is 6.05. The van der Waals surface area contributed by atoms with Crippen molar-refractivity contribution in [1.29, 1.82) is 0 Å². The molecule has 19 heavy (non-hydrogen) atoms. The largest absolute Gasteiger partial charge is 0.379 e. The lowest BCUT2D eigenvalue weighted by molar-refractivity contribution is 0.0344. The van der Waals surface area contributed by atoms with Crippen LogP contribution in [0.15, 0.2) is 5.38 Å². The van der Waals surface area contributed by atoms with E-state index < -0.39 is 0 Å². The summed E-state index contributed by atoms with van der Waals surface area (Å²) in [6, 6.07) is 0.531. The summed E-state index contributed by atoms with van der Waals surface area (Å²) < 4.78 is 5.36. The summed E-state index contributed by atoms with van der Waals surface area (Å²) in [5, 5.41) is 7.02. The highest BCUT2D eigenvalue weighted by molar-refractivity contribution is 7.09. The third-order valence-corrected chi connectivity index (χ3v) is 4.39. The maximum absolute atomic E-state index is 5.36. The van der Waals surface area contributed by atoms with Gasteiger partial charge >= 0.3 is 0 Å². The lowest BCUT2D eigenvalue weighted by Gasteiger charge is -2.29. The van der Waals surface area contributed by atoms with Gasteiger partial charge in [0.1, 0.15) is 0 Å². The summed E-state index contributed by atoms with van der Waals surface area (Å²) in [6.45, 7) is 10.4. The standard InChI is InChI=1S/C14H25N3OS/c1-3-13-11-19-14(16-13)4-5-15-12(2)10-17-6-8-18-9-7-17/h11-12,15H,3-10H2,1-2H3/t12-/m0/s1. The molecule has 0 saturated carbocycles. The van der Waals surface area contributed by atoms with Crippen LogP contribution in [-0.2, 0) is 17.6 Å². The van der Waals surface area contributed by atoms with E-state index in [1.807, 2.05) is 0 Å². The molecule has 1 N–H and O–H groups in total. The molecule has 1 aliphatic heterocycles. The summed E-state index contributed by atoms with van der Waals surface area (Å²) in [5.74, 6) is 0. The fourth-order valence-corrected chi connectivity index (χ4v) is 3.17. The second-order valence-electron chi connectivity index (χ2n) is 5.10. The molecule has 0 unspecified atom stereocenters. The Hall–Kier alpha value is -0.490. The number of hydrogen-bond donors (Lipinski definition) is 1. The molecule has 1 fully saturated rings. The number of nitrogens with zero attached hydrogens (tertiary/aromatic N) is 2. The highest BCUT2D eigenvalue weighted by Gasteiger charge is 2.13. The van der Waals surface area contributed by atoms with Gasteiger partial charge in [-0.2, -0.15) is 0 Å². The van der Waals surface area contributed by atoms with Gasteiger partial charge in [-0.05, 0) is 13.3 Å². The zero-order valence-electron chi connectivity index (χ0n) is 12.0. The topological polar surface area (TPSA) is 37.4 Å². The summed E-state index contributed by atoms with van der Waals surface area (Å²) in [4.78, 5) is 7.06. The molecular weight excluding hydrogens is 258 g/mol. The zero-order chi connectivity index (χ0) is 13.5. The molecule has 0 radical (unpaired) electrons. The first-order chi connectivity index (χ1) is 9.28. The van der Waals surface area contributed by atoms with Gasteiger partial charge in [-0.3, -0.25) is 4.90 Å². The van der Waals surface area contributed by atoms with Crippen LogP contribution in [0.3, 0.4) is 0 Å². The normalized spacial score (nSPS) is 18.6. The van der Waals surface area contributed by atoms with Gasteiger partial charge in [-0.1, -0.05) is 6.92 Å². The number of rotatable bonds is 7. The first-order valence-corrected chi connectivity index (χ1v) is 8.12. The van der Waals surface area contributed by atoms with E-state index in [0.29, 0.717) is 6.04 Å². The predicted octanol–water partition coefficient (Wildman–Crippen LogP) is 1.56. The van der Waals surface area contributed by atoms with E-state index in [1.54, 1.807) is 11.3 Å². The lowest BCUT2D eigenvalue weighted by atomic mass is 10.2. The van der Waals surface area contributed by atoms with Crippen molar-refractivity contribution < 1.29 is 4.74 Å². The van der Waals surface area contributed by atoms with Crippen LogP contribution in [0.25, 0.3) is 0 Å². The van der Waals surface area contributed by atoms with Crippen LogP contribution in [0.5, 0.6) is 0 Å². The van der Waals surface area contributed by atoms with E-state index in [0.717, 1.165) is 52.2 Å². The Bertz CT molecular complexity index is 363. The predicted molar refractivity (Wildman–Crippen MR) is 79.9 cm³/mol. The van der Waals surface area contributed by atoms with E-state index in [2.05, 4.69) is 34.4 Å². The first-order valence-electron chi connectivity index (χ1n) is 7.24. The molecule has 2 rings (SSSR count). The van der Waals surface area contributed by atoms with Gasteiger partial charge < -0.3 is 10.1 Å². The zero-order valence-corrected chi connectivity index (χ0v) is 12.8. The molecule has 1 aliphatic rings. The van der Waals surface area contributed by atoms with Crippen molar-refractivity contribution in [3.63, 3.8) is 0 Å². The highest BCUT2D eigenvalue weighted by Crippen LogP contribution is 2.10. The van der Waals surface area contributed by atoms with Crippen molar-refractivity contribution in [2.24, 2.45) is 0 Å². The van der Waals surface area contributed by atoms with E-state index in [9.17, 15) is 0 Å². The molecule has 4 nitrogen and oxygen atoms in total. The molecular formula is C14H25N3OS. The molecule has 1 saturated heterocycles. The number of ether oxygens (including phenoxy) is 1. The van der Waals surface area contributed by atoms with Gasteiger partial charge in [0.05, 0.1) is 23.9 Å². The molecule has 0 bridgehead atoms. The van der Waals surface area contributed by atoms with Crippen molar-refractivity contribution in [3.8, 4) is 0 Å². The molecule has 0 aromatic carbocycles. The minimum Gasteiger partial charge on any atom is -0.379 e. The van der Waals surface area contributed by atoms with Gasteiger partial charge in [0.15, 0.2) is 0 Å². The summed E-state index contributed by atoms with van der Waals surface area (Å²) in [6.07, 6.45) is 2.08. The Morgan fingerprint density at radius 2 is 2.26 bits per heavy atom. The molecule has 1 aromatic rings. The molecule has 0 amide bonds.